The minimum atomic E-state index is -0.224. The van der Waals surface area contributed by atoms with Crippen molar-refractivity contribution in [3.63, 3.8) is 0 Å². The highest BCUT2D eigenvalue weighted by Crippen LogP contribution is 2.43. The van der Waals surface area contributed by atoms with Crippen LogP contribution < -0.4 is 10.9 Å². The van der Waals surface area contributed by atoms with E-state index in [9.17, 15) is 14.9 Å². The number of hydrogen-bond donors (Lipinski definition) is 2. The lowest BCUT2D eigenvalue weighted by Gasteiger charge is -2.27. The van der Waals surface area contributed by atoms with Crippen molar-refractivity contribution in [1.82, 2.24) is 19.7 Å². The molecule has 34 heavy (non-hydrogen) atoms. The second kappa shape index (κ2) is 8.64. The Bertz CT molecular complexity index is 1340. The van der Waals surface area contributed by atoms with Crippen molar-refractivity contribution < 1.29 is 4.79 Å². The fourth-order valence-corrected chi connectivity index (χ4v) is 5.32. The summed E-state index contributed by atoms with van der Waals surface area (Å²) >= 11 is 0. The van der Waals surface area contributed by atoms with Crippen molar-refractivity contribution >= 4 is 28.3 Å². The molecule has 0 spiro atoms. The number of H-pyrrole nitrogens is 1. The molecule has 1 saturated heterocycles. The quantitative estimate of drug-likeness (QED) is 0.559. The number of hydrogen-bond acceptors (Lipinski definition) is 5. The van der Waals surface area contributed by atoms with Crippen LogP contribution in [-0.4, -0.2) is 37.7 Å². The van der Waals surface area contributed by atoms with Gasteiger partial charge >= 0.3 is 0 Å². The van der Waals surface area contributed by atoms with Gasteiger partial charge in [0.25, 0.3) is 11.5 Å². The maximum Gasteiger partial charge on any atom is 0.261 e. The van der Waals surface area contributed by atoms with Crippen LogP contribution in [0.5, 0.6) is 0 Å². The molecule has 2 fully saturated rings. The first-order valence-corrected chi connectivity index (χ1v) is 12.1. The summed E-state index contributed by atoms with van der Waals surface area (Å²) < 4.78 is 1.84. The molecule has 1 amide bonds. The summed E-state index contributed by atoms with van der Waals surface area (Å²) in [6.45, 7) is 6.14. The Morgan fingerprint density at radius 2 is 1.97 bits per heavy atom. The molecule has 8 heteroatoms. The van der Waals surface area contributed by atoms with Gasteiger partial charge < -0.3 is 15.2 Å². The topological polar surface area (TPSA) is 107 Å². The fourth-order valence-electron chi connectivity index (χ4n) is 5.32. The Hall–Kier alpha value is -3.60. The van der Waals surface area contributed by atoms with E-state index in [0.717, 1.165) is 42.5 Å². The zero-order valence-corrected chi connectivity index (χ0v) is 19.8. The van der Waals surface area contributed by atoms with Crippen molar-refractivity contribution in [1.29, 1.82) is 5.26 Å². The van der Waals surface area contributed by atoms with Gasteiger partial charge in [0.2, 0.25) is 0 Å². The van der Waals surface area contributed by atoms with Crippen molar-refractivity contribution in [3.8, 4) is 6.07 Å². The number of anilines is 2. The maximum absolute atomic E-state index is 13.2. The first-order valence-electron chi connectivity index (χ1n) is 12.1. The minimum Gasteiger partial charge on any atom is -0.338 e. The van der Waals surface area contributed by atoms with E-state index in [4.69, 9.17) is 5.10 Å². The number of aromatic nitrogens is 3. The molecule has 1 saturated carbocycles. The number of fused-ring (bicyclic) bond motifs is 1. The highest BCUT2D eigenvalue weighted by Gasteiger charge is 2.35. The molecule has 1 aliphatic carbocycles. The van der Waals surface area contributed by atoms with Crippen LogP contribution in [-0.2, 0) is 0 Å². The lowest BCUT2D eigenvalue weighted by molar-refractivity contribution is 0.0692. The molecule has 8 nitrogen and oxygen atoms in total. The molecule has 0 radical (unpaired) electrons. The highest BCUT2D eigenvalue weighted by molar-refractivity contribution is 5.97. The van der Waals surface area contributed by atoms with Crippen LogP contribution in [0.25, 0.3) is 10.9 Å². The summed E-state index contributed by atoms with van der Waals surface area (Å²) in [5.41, 5.74) is 2.83. The molecule has 3 atom stereocenters. The van der Waals surface area contributed by atoms with Crippen LogP contribution >= 0.6 is 0 Å². The van der Waals surface area contributed by atoms with Gasteiger partial charge in [0, 0.05) is 29.5 Å². The molecular formula is C26H30N6O2. The third-order valence-corrected chi connectivity index (χ3v) is 7.32. The number of carbonyl (C=O) groups excluding carboxylic acids is 1. The smallest absolute Gasteiger partial charge is 0.261 e. The zero-order chi connectivity index (χ0) is 24.0. The van der Waals surface area contributed by atoms with Gasteiger partial charge in [-0.15, -0.1) is 0 Å². The molecule has 0 bridgehead atoms. The van der Waals surface area contributed by atoms with Crippen LogP contribution in [0, 0.1) is 24.2 Å². The molecule has 3 aromatic rings. The zero-order valence-electron chi connectivity index (χ0n) is 19.8. The number of amides is 1. The molecule has 2 aliphatic rings. The van der Waals surface area contributed by atoms with E-state index in [1.165, 1.54) is 0 Å². The lowest BCUT2D eigenvalue weighted by Crippen LogP contribution is -2.38. The van der Waals surface area contributed by atoms with E-state index >= 15 is 0 Å². The first-order chi connectivity index (χ1) is 16.4. The fraction of sp³-hybridized carbons (Fsp3) is 0.462. The number of aromatic amines is 1. The second-order valence-electron chi connectivity index (χ2n) is 9.77. The van der Waals surface area contributed by atoms with Gasteiger partial charge in [0.1, 0.15) is 5.39 Å². The SMILES string of the molecule is Cc1cc(Nc2nn(C(CC#N)C3CC3)c3cc[nH]c(=O)c23)ccc1C(=O)N1[C@H](C)CC[C@H]1C. The molecule has 1 unspecified atom stereocenters. The van der Waals surface area contributed by atoms with Gasteiger partial charge in [-0.3, -0.25) is 14.3 Å². The summed E-state index contributed by atoms with van der Waals surface area (Å²) in [5.74, 6) is 0.940. The summed E-state index contributed by atoms with van der Waals surface area (Å²) in [7, 11) is 0. The van der Waals surface area contributed by atoms with Gasteiger partial charge in [0.05, 0.1) is 24.0 Å². The van der Waals surface area contributed by atoms with E-state index < -0.39 is 0 Å². The number of pyridine rings is 1. The molecule has 176 valence electrons. The van der Waals surface area contributed by atoms with Gasteiger partial charge in [-0.05, 0) is 82.2 Å². The normalized spacial score (nSPS) is 20.9. The number of nitrogens with one attached hydrogen (secondary N) is 2. The van der Waals surface area contributed by atoms with E-state index in [1.807, 2.05) is 40.8 Å². The number of aryl methyl sites for hydroxylation is 1. The summed E-state index contributed by atoms with van der Waals surface area (Å²) in [5, 5.41) is 17.9. The standard InChI is InChI=1S/C26H30N6O2/c1-15-14-19(8-9-20(15)26(34)31-16(2)4-5-17(31)3)29-24-23-22(11-13-28-25(23)33)32(30-24)21(10-12-27)18-6-7-18/h8-9,11,13-14,16-18,21H,4-7,10H2,1-3H3,(H,28,33)(H,29,30)/t16-,17-,21?/m1/s1. The van der Waals surface area contributed by atoms with Crippen LogP contribution in [0.15, 0.2) is 35.3 Å². The Morgan fingerprint density at radius 3 is 2.62 bits per heavy atom. The van der Waals surface area contributed by atoms with E-state index in [-0.39, 0.29) is 29.6 Å². The number of rotatable bonds is 6. The Balaban J connectivity index is 1.48. The third kappa shape index (κ3) is 3.85. The number of carbonyl (C=O) groups is 1. The number of benzene rings is 1. The van der Waals surface area contributed by atoms with Crippen molar-refractivity contribution in [2.45, 2.75) is 71.0 Å². The largest absolute Gasteiger partial charge is 0.338 e. The average Bonchev–Trinajstić information content (AvgIpc) is 3.50. The number of nitrogens with zero attached hydrogens (tertiary/aromatic N) is 4. The van der Waals surface area contributed by atoms with Crippen molar-refractivity contribution in [2.24, 2.45) is 5.92 Å². The monoisotopic (exact) mass is 458 g/mol. The predicted octanol–water partition coefficient (Wildman–Crippen LogP) is 4.65. The summed E-state index contributed by atoms with van der Waals surface area (Å²) in [6, 6.07) is 10.2. The maximum atomic E-state index is 13.2. The summed E-state index contributed by atoms with van der Waals surface area (Å²) in [6.07, 6.45) is 6.18. The highest BCUT2D eigenvalue weighted by atomic mass is 16.2. The Labute approximate surface area is 198 Å². The van der Waals surface area contributed by atoms with Gasteiger partial charge in [-0.1, -0.05) is 0 Å². The predicted molar refractivity (Wildman–Crippen MR) is 131 cm³/mol. The van der Waals surface area contributed by atoms with Crippen LogP contribution in [0.2, 0.25) is 0 Å². The third-order valence-electron chi connectivity index (χ3n) is 7.32. The number of likely N-dealkylation sites (tertiary alicyclic amines) is 1. The first kappa shape index (κ1) is 22.2. The molecule has 2 aromatic heterocycles. The molecule has 1 aromatic carbocycles. The van der Waals surface area contributed by atoms with E-state index in [1.54, 1.807) is 6.20 Å². The molecule has 3 heterocycles. The Morgan fingerprint density at radius 1 is 1.24 bits per heavy atom. The lowest BCUT2D eigenvalue weighted by atomic mass is 10.1. The second-order valence-corrected chi connectivity index (χ2v) is 9.77. The van der Waals surface area contributed by atoms with Gasteiger partial charge in [0.15, 0.2) is 5.82 Å². The minimum absolute atomic E-state index is 0.0453. The van der Waals surface area contributed by atoms with Crippen LogP contribution in [0.1, 0.15) is 67.9 Å². The summed E-state index contributed by atoms with van der Waals surface area (Å²) in [4.78, 5) is 30.7. The molecule has 1 aliphatic heterocycles. The van der Waals surface area contributed by atoms with Crippen molar-refractivity contribution in [2.75, 3.05) is 5.32 Å². The van der Waals surface area contributed by atoms with Gasteiger partial charge in [-0.2, -0.15) is 10.4 Å². The molecule has 5 rings (SSSR count). The van der Waals surface area contributed by atoms with Crippen LogP contribution in [0.4, 0.5) is 11.5 Å². The van der Waals surface area contributed by atoms with Crippen LogP contribution in [0.3, 0.4) is 0 Å². The number of nitriles is 1. The van der Waals surface area contributed by atoms with E-state index in [2.05, 4.69) is 30.2 Å². The van der Waals surface area contributed by atoms with Gasteiger partial charge in [-0.25, -0.2) is 0 Å². The average molecular weight is 459 g/mol. The van der Waals surface area contributed by atoms with E-state index in [0.29, 0.717) is 29.1 Å². The molecular weight excluding hydrogens is 428 g/mol. The Kier molecular flexibility index (Phi) is 5.64. The van der Waals surface area contributed by atoms with Crippen molar-refractivity contribution in [3.05, 3.63) is 51.9 Å². The molecule has 2 N–H and O–H groups in total.